The van der Waals surface area contributed by atoms with Crippen molar-refractivity contribution < 1.29 is 21.8 Å². The molecular formula is C5H12BF4N3. The molecule has 1 heterocycles. The average Bonchev–Trinajstić information content (AvgIpc) is 2.09. The molecule has 0 saturated carbocycles. The third-order valence-electron chi connectivity index (χ3n) is 0.901. The Kier molecular flexibility index (Phi) is 6.21. The summed E-state index contributed by atoms with van der Waals surface area (Å²) in [6.45, 7) is 0. The summed E-state index contributed by atoms with van der Waals surface area (Å²) in [7, 11) is -2.00. The van der Waals surface area contributed by atoms with Gasteiger partial charge in [-0.2, -0.15) is 0 Å². The molecule has 0 radical (unpaired) electrons. The third-order valence-corrected chi connectivity index (χ3v) is 0.901. The van der Waals surface area contributed by atoms with Gasteiger partial charge in [0.1, 0.15) is 12.4 Å². The summed E-state index contributed by atoms with van der Waals surface area (Å²) in [5.41, 5.74) is 0. The number of aryl methyl sites for hydroxylation is 2. The molecule has 1 aromatic rings. The SMILES string of the molecule is Cn1cc[n+](C)c1.F[B-](F)(F)F.N. The zero-order valence-corrected chi connectivity index (χ0v) is 7.42. The first-order valence-electron chi connectivity index (χ1n) is 3.13. The Morgan fingerprint density at radius 3 is 1.69 bits per heavy atom. The van der Waals surface area contributed by atoms with Crippen LogP contribution in [0.1, 0.15) is 0 Å². The van der Waals surface area contributed by atoms with Crippen LogP contribution in [0.3, 0.4) is 0 Å². The van der Waals surface area contributed by atoms with E-state index in [0.717, 1.165) is 0 Å². The third kappa shape index (κ3) is 13.9. The zero-order valence-electron chi connectivity index (χ0n) is 7.42. The molecule has 0 spiro atoms. The maximum atomic E-state index is 9.75. The predicted octanol–water partition coefficient (Wildman–Crippen LogP) is 1.31. The van der Waals surface area contributed by atoms with Crippen LogP contribution in [-0.4, -0.2) is 11.8 Å². The van der Waals surface area contributed by atoms with E-state index in [1.807, 2.05) is 42.0 Å². The van der Waals surface area contributed by atoms with E-state index in [9.17, 15) is 17.3 Å². The molecule has 13 heavy (non-hydrogen) atoms. The van der Waals surface area contributed by atoms with E-state index in [2.05, 4.69) is 0 Å². The van der Waals surface area contributed by atoms with Gasteiger partial charge in [0.25, 0.3) is 0 Å². The highest BCUT2D eigenvalue weighted by molar-refractivity contribution is 6.50. The van der Waals surface area contributed by atoms with Crippen molar-refractivity contribution in [1.82, 2.24) is 10.7 Å². The Hall–Kier alpha value is -1.05. The Morgan fingerprint density at radius 1 is 1.23 bits per heavy atom. The summed E-state index contributed by atoms with van der Waals surface area (Å²) in [5, 5.41) is 0. The molecule has 78 valence electrons. The molecule has 0 saturated heterocycles. The largest absolute Gasteiger partial charge is 0.673 e. The van der Waals surface area contributed by atoms with Crippen LogP contribution >= 0.6 is 0 Å². The number of halogens is 4. The summed E-state index contributed by atoms with van der Waals surface area (Å²) >= 11 is 0. The fourth-order valence-electron chi connectivity index (χ4n) is 0.575. The lowest BCUT2D eigenvalue weighted by atomic mass is 10.3. The summed E-state index contributed by atoms with van der Waals surface area (Å²) < 4.78 is 43.0. The Bertz CT molecular complexity index is 211. The average molecular weight is 201 g/mol. The zero-order chi connectivity index (χ0) is 9.78. The van der Waals surface area contributed by atoms with Gasteiger partial charge in [0.2, 0.25) is 6.33 Å². The molecular weight excluding hydrogens is 189 g/mol. The fourth-order valence-corrected chi connectivity index (χ4v) is 0.575. The van der Waals surface area contributed by atoms with Crippen molar-refractivity contribution >= 4 is 7.25 Å². The standard InChI is InChI=1S/C5H9N2.BF4.H3N/c1-6-3-4-7(2)5-6;2-1(3,4)5;/h3-5H,1-2H3;;1H3/q+1;-1;. The smallest absolute Gasteiger partial charge is 0.418 e. The predicted molar refractivity (Wildman–Crippen MR) is 41.8 cm³/mol. The van der Waals surface area contributed by atoms with E-state index in [-0.39, 0.29) is 6.15 Å². The van der Waals surface area contributed by atoms with Gasteiger partial charge >= 0.3 is 7.25 Å². The van der Waals surface area contributed by atoms with Gasteiger partial charge in [0, 0.05) is 0 Å². The highest BCUT2D eigenvalue weighted by atomic mass is 19.5. The van der Waals surface area contributed by atoms with Crippen LogP contribution in [0.5, 0.6) is 0 Å². The van der Waals surface area contributed by atoms with E-state index in [4.69, 9.17) is 0 Å². The van der Waals surface area contributed by atoms with Gasteiger partial charge in [-0.3, -0.25) is 0 Å². The topological polar surface area (TPSA) is 43.8 Å². The van der Waals surface area contributed by atoms with Crippen molar-refractivity contribution in [2.45, 2.75) is 0 Å². The van der Waals surface area contributed by atoms with Gasteiger partial charge in [-0.1, -0.05) is 0 Å². The molecule has 0 atom stereocenters. The molecule has 0 aliphatic heterocycles. The Morgan fingerprint density at radius 2 is 1.62 bits per heavy atom. The van der Waals surface area contributed by atoms with E-state index in [0.29, 0.717) is 0 Å². The maximum Gasteiger partial charge on any atom is 0.673 e. The van der Waals surface area contributed by atoms with Crippen LogP contribution < -0.4 is 10.7 Å². The number of imidazole rings is 1. The van der Waals surface area contributed by atoms with Crippen LogP contribution in [0.4, 0.5) is 17.3 Å². The summed E-state index contributed by atoms with van der Waals surface area (Å²) in [5.74, 6) is 0. The van der Waals surface area contributed by atoms with E-state index < -0.39 is 7.25 Å². The number of hydrogen-bond donors (Lipinski definition) is 1. The Labute approximate surface area is 73.7 Å². The summed E-state index contributed by atoms with van der Waals surface area (Å²) in [6.07, 6.45) is 6.00. The van der Waals surface area contributed by atoms with Gasteiger partial charge in [0.05, 0.1) is 14.1 Å². The number of hydrogen-bond acceptors (Lipinski definition) is 1. The normalized spacial score (nSPS) is 9.69. The maximum absolute atomic E-state index is 9.75. The molecule has 0 bridgehead atoms. The monoisotopic (exact) mass is 201 g/mol. The second-order valence-corrected chi connectivity index (χ2v) is 2.24. The molecule has 3 nitrogen and oxygen atoms in total. The van der Waals surface area contributed by atoms with Crippen LogP contribution in [0.25, 0.3) is 0 Å². The Balaban J connectivity index is 0. The van der Waals surface area contributed by atoms with Gasteiger partial charge in [-0.05, 0) is 0 Å². The second-order valence-electron chi connectivity index (χ2n) is 2.24. The first kappa shape index (κ1) is 14.5. The lowest BCUT2D eigenvalue weighted by Crippen LogP contribution is -2.23. The highest BCUT2D eigenvalue weighted by Crippen LogP contribution is 2.06. The quantitative estimate of drug-likeness (QED) is 0.383. The van der Waals surface area contributed by atoms with Crippen LogP contribution in [0.15, 0.2) is 18.7 Å². The summed E-state index contributed by atoms with van der Waals surface area (Å²) in [6, 6.07) is 0. The number of rotatable bonds is 0. The lowest BCUT2D eigenvalue weighted by molar-refractivity contribution is -0.670. The second kappa shape index (κ2) is 5.57. The summed E-state index contributed by atoms with van der Waals surface area (Å²) in [4.78, 5) is 0. The first-order valence-corrected chi connectivity index (χ1v) is 3.13. The molecule has 0 aromatic carbocycles. The first-order chi connectivity index (χ1) is 5.29. The minimum atomic E-state index is -6.00. The van der Waals surface area contributed by atoms with Gasteiger partial charge in [0.15, 0.2) is 0 Å². The van der Waals surface area contributed by atoms with Crippen LogP contribution in [0, 0.1) is 0 Å². The van der Waals surface area contributed by atoms with Crippen molar-refractivity contribution in [3.63, 3.8) is 0 Å². The highest BCUT2D eigenvalue weighted by Gasteiger charge is 2.20. The van der Waals surface area contributed by atoms with Crippen molar-refractivity contribution in [2.75, 3.05) is 0 Å². The van der Waals surface area contributed by atoms with Crippen molar-refractivity contribution in [3.05, 3.63) is 18.7 Å². The minimum absolute atomic E-state index is 0. The number of nitrogens with zero attached hydrogens (tertiary/aromatic N) is 2. The van der Waals surface area contributed by atoms with Crippen molar-refractivity contribution in [1.29, 1.82) is 0 Å². The molecule has 8 heteroatoms. The molecule has 0 amide bonds. The van der Waals surface area contributed by atoms with Crippen molar-refractivity contribution in [3.8, 4) is 0 Å². The molecule has 3 N–H and O–H groups in total. The molecule has 0 aliphatic carbocycles. The van der Waals surface area contributed by atoms with Gasteiger partial charge in [-0.25, -0.2) is 9.13 Å². The van der Waals surface area contributed by atoms with Crippen LogP contribution in [-0.2, 0) is 14.1 Å². The molecule has 0 aliphatic rings. The van der Waals surface area contributed by atoms with E-state index in [1.165, 1.54) is 0 Å². The molecule has 0 fully saturated rings. The van der Waals surface area contributed by atoms with Gasteiger partial charge < -0.3 is 23.4 Å². The fraction of sp³-hybridized carbons (Fsp3) is 0.400. The molecule has 0 unspecified atom stereocenters. The lowest BCUT2D eigenvalue weighted by Gasteiger charge is -1.94. The molecule has 1 rings (SSSR count). The van der Waals surface area contributed by atoms with Gasteiger partial charge in [-0.15, -0.1) is 0 Å². The van der Waals surface area contributed by atoms with E-state index >= 15 is 0 Å². The molecule has 1 aromatic heterocycles. The van der Waals surface area contributed by atoms with E-state index in [1.54, 1.807) is 0 Å². The van der Waals surface area contributed by atoms with Crippen LogP contribution in [0.2, 0.25) is 0 Å². The van der Waals surface area contributed by atoms with Crippen molar-refractivity contribution in [2.24, 2.45) is 14.1 Å². The number of aromatic nitrogens is 2. The minimum Gasteiger partial charge on any atom is -0.418 e.